The molecule has 0 radical (unpaired) electrons. The van der Waals surface area contributed by atoms with Gasteiger partial charge in [0.05, 0.1) is 6.54 Å². The number of hydrogen-bond donors (Lipinski definition) is 1. The Morgan fingerprint density at radius 2 is 2.00 bits per heavy atom. The van der Waals surface area contributed by atoms with Crippen molar-refractivity contribution in [3.8, 4) is 0 Å². The number of nitrogens with one attached hydrogen (secondary N) is 1. The van der Waals surface area contributed by atoms with E-state index in [1.54, 1.807) is 0 Å². The van der Waals surface area contributed by atoms with Crippen LogP contribution in [0, 0.1) is 5.92 Å². The summed E-state index contributed by atoms with van der Waals surface area (Å²) in [7, 11) is 0. The number of hydrogen-bond acceptors (Lipinski definition) is 3. The summed E-state index contributed by atoms with van der Waals surface area (Å²) >= 11 is 3.35. The molecule has 2 fully saturated rings. The quantitative estimate of drug-likeness (QED) is 0.906. The van der Waals surface area contributed by atoms with Gasteiger partial charge in [-0.1, -0.05) is 0 Å². The number of halogens is 1. The smallest absolute Gasteiger partial charge is 0.169 e. The molecule has 1 aliphatic carbocycles. The minimum Gasteiger partial charge on any atom is -0.453 e. The molecular weight excluding hydrogens is 292 g/mol. The highest BCUT2D eigenvalue weighted by atomic mass is 79.9. The topological polar surface area (TPSA) is 28.4 Å². The summed E-state index contributed by atoms with van der Waals surface area (Å²) in [6.45, 7) is 4.55. The molecule has 1 saturated carbocycles. The Morgan fingerprint density at radius 1 is 1.22 bits per heavy atom. The van der Waals surface area contributed by atoms with Gasteiger partial charge in [0.15, 0.2) is 4.67 Å². The summed E-state index contributed by atoms with van der Waals surface area (Å²) < 4.78 is 6.39. The number of likely N-dealkylation sites (tertiary alicyclic amines) is 1. The molecule has 1 aromatic heterocycles. The second-order valence-corrected chi connectivity index (χ2v) is 6.39. The van der Waals surface area contributed by atoms with E-state index in [2.05, 4.69) is 32.2 Å². The van der Waals surface area contributed by atoms with Crippen molar-refractivity contribution in [1.82, 2.24) is 10.2 Å². The fraction of sp³-hybridized carbons (Fsp3) is 0.714. The summed E-state index contributed by atoms with van der Waals surface area (Å²) in [5.74, 6) is 2.05. The van der Waals surface area contributed by atoms with Crippen LogP contribution in [0.25, 0.3) is 0 Å². The lowest BCUT2D eigenvalue weighted by atomic mass is 10.0. The standard InChI is InChI=1S/C14H21BrN2O/c15-14-4-3-13(18-14)10-17-7-5-12(6-8-17)16-9-11-1-2-11/h3-4,11-12,16H,1-2,5-10H2. The Morgan fingerprint density at radius 3 is 2.61 bits per heavy atom. The van der Waals surface area contributed by atoms with Crippen molar-refractivity contribution < 1.29 is 4.42 Å². The van der Waals surface area contributed by atoms with Crippen LogP contribution in [0.4, 0.5) is 0 Å². The van der Waals surface area contributed by atoms with Crippen LogP contribution >= 0.6 is 15.9 Å². The predicted octanol–water partition coefficient (Wildman–Crippen LogP) is 3.01. The highest BCUT2D eigenvalue weighted by Crippen LogP contribution is 2.28. The number of piperidine rings is 1. The molecule has 0 aromatic carbocycles. The molecule has 0 bridgehead atoms. The van der Waals surface area contributed by atoms with E-state index in [1.807, 2.05) is 6.07 Å². The largest absolute Gasteiger partial charge is 0.453 e. The second kappa shape index (κ2) is 5.76. The van der Waals surface area contributed by atoms with Crippen molar-refractivity contribution in [1.29, 1.82) is 0 Å². The third-order valence-electron chi connectivity index (χ3n) is 3.99. The Kier molecular flexibility index (Phi) is 4.07. The first-order valence-electron chi connectivity index (χ1n) is 6.99. The van der Waals surface area contributed by atoms with Crippen molar-refractivity contribution in [2.24, 2.45) is 5.92 Å². The van der Waals surface area contributed by atoms with E-state index in [0.717, 1.165) is 28.9 Å². The van der Waals surface area contributed by atoms with E-state index >= 15 is 0 Å². The van der Waals surface area contributed by atoms with Gasteiger partial charge in [-0.05, 0) is 66.2 Å². The van der Waals surface area contributed by atoms with Crippen molar-refractivity contribution in [2.75, 3.05) is 19.6 Å². The Bertz CT molecular complexity index is 381. The fourth-order valence-electron chi connectivity index (χ4n) is 2.61. The van der Waals surface area contributed by atoms with E-state index in [-0.39, 0.29) is 0 Å². The van der Waals surface area contributed by atoms with Crippen LogP contribution in [0.1, 0.15) is 31.4 Å². The monoisotopic (exact) mass is 312 g/mol. The number of furan rings is 1. The van der Waals surface area contributed by atoms with Crippen LogP contribution in [-0.4, -0.2) is 30.6 Å². The molecule has 0 atom stereocenters. The Labute approximate surface area is 117 Å². The van der Waals surface area contributed by atoms with Crippen LogP contribution in [0.2, 0.25) is 0 Å². The lowest BCUT2D eigenvalue weighted by Gasteiger charge is -2.31. The third kappa shape index (κ3) is 3.59. The molecule has 2 aliphatic rings. The normalized spacial score (nSPS) is 22.5. The van der Waals surface area contributed by atoms with Gasteiger partial charge in [-0.15, -0.1) is 0 Å². The van der Waals surface area contributed by atoms with Crippen LogP contribution < -0.4 is 5.32 Å². The summed E-state index contributed by atoms with van der Waals surface area (Å²) in [6.07, 6.45) is 5.43. The highest BCUT2D eigenvalue weighted by molar-refractivity contribution is 9.10. The first kappa shape index (κ1) is 12.7. The lowest BCUT2D eigenvalue weighted by molar-refractivity contribution is 0.177. The SMILES string of the molecule is Brc1ccc(CN2CCC(NCC3CC3)CC2)o1. The molecule has 100 valence electrons. The molecule has 1 aliphatic heterocycles. The summed E-state index contributed by atoms with van der Waals surface area (Å²) in [4.78, 5) is 2.49. The molecule has 0 spiro atoms. The molecule has 1 aromatic rings. The minimum atomic E-state index is 0.741. The van der Waals surface area contributed by atoms with E-state index < -0.39 is 0 Å². The molecule has 1 saturated heterocycles. The van der Waals surface area contributed by atoms with E-state index in [9.17, 15) is 0 Å². The van der Waals surface area contributed by atoms with Gasteiger partial charge in [0.2, 0.25) is 0 Å². The van der Waals surface area contributed by atoms with E-state index in [1.165, 1.54) is 45.3 Å². The van der Waals surface area contributed by atoms with Crippen LogP contribution in [0.3, 0.4) is 0 Å². The van der Waals surface area contributed by atoms with Crippen molar-refractivity contribution in [2.45, 2.75) is 38.3 Å². The predicted molar refractivity (Wildman–Crippen MR) is 75.4 cm³/mol. The number of nitrogens with zero attached hydrogens (tertiary/aromatic N) is 1. The molecule has 3 rings (SSSR count). The summed E-state index contributed by atoms with van der Waals surface area (Å²) in [5.41, 5.74) is 0. The van der Waals surface area contributed by atoms with Gasteiger partial charge < -0.3 is 9.73 Å². The first-order valence-corrected chi connectivity index (χ1v) is 7.79. The molecule has 3 nitrogen and oxygen atoms in total. The summed E-state index contributed by atoms with van der Waals surface area (Å²) in [5, 5.41) is 3.71. The van der Waals surface area contributed by atoms with Gasteiger partial charge in [0, 0.05) is 19.1 Å². The average molecular weight is 313 g/mol. The maximum absolute atomic E-state index is 5.56. The van der Waals surface area contributed by atoms with Gasteiger partial charge in [-0.25, -0.2) is 0 Å². The lowest BCUT2D eigenvalue weighted by Crippen LogP contribution is -2.42. The molecule has 2 heterocycles. The molecule has 1 N–H and O–H groups in total. The molecule has 18 heavy (non-hydrogen) atoms. The van der Waals surface area contributed by atoms with Crippen molar-refractivity contribution >= 4 is 15.9 Å². The molecule has 0 unspecified atom stereocenters. The zero-order valence-electron chi connectivity index (χ0n) is 10.7. The van der Waals surface area contributed by atoms with Crippen LogP contribution in [0.5, 0.6) is 0 Å². The van der Waals surface area contributed by atoms with Gasteiger partial charge >= 0.3 is 0 Å². The van der Waals surface area contributed by atoms with Crippen LogP contribution in [-0.2, 0) is 6.54 Å². The maximum Gasteiger partial charge on any atom is 0.169 e. The maximum atomic E-state index is 5.56. The van der Waals surface area contributed by atoms with Crippen molar-refractivity contribution in [3.05, 3.63) is 22.6 Å². The zero-order valence-corrected chi connectivity index (χ0v) is 12.3. The second-order valence-electron chi connectivity index (χ2n) is 5.61. The van der Waals surface area contributed by atoms with Crippen LogP contribution in [0.15, 0.2) is 21.2 Å². The van der Waals surface area contributed by atoms with Gasteiger partial charge in [0.1, 0.15) is 5.76 Å². The highest BCUT2D eigenvalue weighted by Gasteiger charge is 2.24. The summed E-state index contributed by atoms with van der Waals surface area (Å²) in [6, 6.07) is 4.77. The third-order valence-corrected chi connectivity index (χ3v) is 4.41. The van der Waals surface area contributed by atoms with Gasteiger partial charge in [0.25, 0.3) is 0 Å². The first-order chi connectivity index (χ1) is 8.79. The van der Waals surface area contributed by atoms with Crippen molar-refractivity contribution in [3.63, 3.8) is 0 Å². The van der Waals surface area contributed by atoms with E-state index in [4.69, 9.17) is 4.42 Å². The fourth-order valence-corrected chi connectivity index (χ4v) is 2.95. The zero-order chi connectivity index (χ0) is 12.4. The van der Waals surface area contributed by atoms with Gasteiger partial charge in [-0.3, -0.25) is 4.90 Å². The number of rotatable bonds is 5. The Balaban J connectivity index is 1.39. The van der Waals surface area contributed by atoms with Gasteiger partial charge in [-0.2, -0.15) is 0 Å². The van der Waals surface area contributed by atoms with E-state index in [0.29, 0.717) is 0 Å². The minimum absolute atomic E-state index is 0.741. The molecular formula is C14H21BrN2O. The average Bonchev–Trinajstić information content (AvgIpc) is 3.12. The molecule has 4 heteroatoms. The molecule has 0 amide bonds. The Hall–Kier alpha value is -0.320.